The molecule has 27 heavy (non-hydrogen) atoms. The molecule has 1 aliphatic rings. The standard InChI is InChI=1S/C20H21N3O4/c1-14-7-8-17(10-18(14)23(26)27)20(25)21-11-16-9-19(24)22(13-16)12-15-5-3-2-4-6-15/h2-8,10,16H,9,11-13H2,1H3,(H,21,25). The third-order valence-corrected chi connectivity index (χ3v) is 4.73. The normalized spacial score (nSPS) is 16.4. The Hall–Kier alpha value is -3.22. The van der Waals surface area contributed by atoms with E-state index in [9.17, 15) is 19.7 Å². The van der Waals surface area contributed by atoms with Crippen LogP contribution >= 0.6 is 0 Å². The molecule has 3 rings (SSSR count). The molecule has 1 unspecified atom stereocenters. The van der Waals surface area contributed by atoms with Gasteiger partial charge in [0.2, 0.25) is 5.91 Å². The second kappa shape index (κ2) is 7.99. The molecule has 2 aromatic rings. The second-order valence-corrected chi connectivity index (χ2v) is 6.80. The van der Waals surface area contributed by atoms with Gasteiger partial charge in [0.25, 0.3) is 11.6 Å². The van der Waals surface area contributed by atoms with E-state index in [2.05, 4.69) is 5.32 Å². The maximum atomic E-state index is 12.3. The van der Waals surface area contributed by atoms with Gasteiger partial charge in [0, 0.05) is 49.2 Å². The van der Waals surface area contributed by atoms with Crippen LogP contribution in [0.3, 0.4) is 0 Å². The van der Waals surface area contributed by atoms with Crippen LogP contribution in [0, 0.1) is 23.0 Å². The van der Waals surface area contributed by atoms with Gasteiger partial charge in [0.1, 0.15) is 0 Å². The number of rotatable bonds is 6. The van der Waals surface area contributed by atoms with Crippen molar-refractivity contribution in [1.29, 1.82) is 0 Å². The van der Waals surface area contributed by atoms with Crippen molar-refractivity contribution in [3.63, 3.8) is 0 Å². The number of carbonyl (C=O) groups is 2. The number of nitrogens with one attached hydrogen (secondary N) is 1. The van der Waals surface area contributed by atoms with Crippen molar-refractivity contribution in [3.8, 4) is 0 Å². The Kier molecular flexibility index (Phi) is 5.49. The number of hydrogen-bond donors (Lipinski definition) is 1. The van der Waals surface area contributed by atoms with E-state index < -0.39 is 4.92 Å². The summed E-state index contributed by atoms with van der Waals surface area (Å²) in [5.74, 6) is -0.262. The maximum Gasteiger partial charge on any atom is 0.273 e. The summed E-state index contributed by atoms with van der Waals surface area (Å²) in [6.07, 6.45) is 0.390. The number of amides is 2. The third-order valence-electron chi connectivity index (χ3n) is 4.73. The molecule has 7 nitrogen and oxygen atoms in total. The largest absolute Gasteiger partial charge is 0.352 e. The first kappa shape index (κ1) is 18.6. The monoisotopic (exact) mass is 367 g/mol. The summed E-state index contributed by atoms with van der Waals surface area (Å²) >= 11 is 0. The van der Waals surface area contributed by atoms with Gasteiger partial charge in [-0.3, -0.25) is 19.7 Å². The smallest absolute Gasteiger partial charge is 0.273 e. The number of nitrogens with zero attached hydrogens (tertiary/aromatic N) is 2. The van der Waals surface area contributed by atoms with Gasteiger partial charge in [-0.1, -0.05) is 36.4 Å². The van der Waals surface area contributed by atoms with Crippen LogP contribution in [0.15, 0.2) is 48.5 Å². The molecule has 140 valence electrons. The summed E-state index contributed by atoms with van der Waals surface area (Å²) in [5, 5.41) is 13.8. The fraction of sp³-hybridized carbons (Fsp3) is 0.300. The van der Waals surface area contributed by atoms with Crippen LogP contribution in [0.4, 0.5) is 5.69 Å². The summed E-state index contributed by atoms with van der Waals surface area (Å²) in [6, 6.07) is 14.2. The van der Waals surface area contributed by atoms with Gasteiger partial charge in [0.05, 0.1) is 4.92 Å². The lowest BCUT2D eigenvalue weighted by molar-refractivity contribution is -0.385. The van der Waals surface area contributed by atoms with E-state index in [0.29, 0.717) is 31.6 Å². The average molecular weight is 367 g/mol. The zero-order valence-electron chi connectivity index (χ0n) is 15.1. The molecule has 0 aliphatic carbocycles. The minimum absolute atomic E-state index is 0.0330. The summed E-state index contributed by atoms with van der Waals surface area (Å²) in [6.45, 7) is 3.14. The highest BCUT2D eigenvalue weighted by molar-refractivity contribution is 5.95. The van der Waals surface area contributed by atoms with Crippen molar-refractivity contribution in [2.45, 2.75) is 19.9 Å². The lowest BCUT2D eigenvalue weighted by Gasteiger charge is -2.17. The summed E-state index contributed by atoms with van der Waals surface area (Å²) in [4.78, 5) is 36.8. The molecule has 1 aliphatic heterocycles. The number of aryl methyl sites for hydroxylation is 1. The molecule has 0 aromatic heterocycles. The van der Waals surface area contributed by atoms with Crippen molar-refractivity contribution in [1.82, 2.24) is 10.2 Å². The second-order valence-electron chi connectivity index (χ2n) is 6.80. The van der Waals surface area contributed by atoms with E-state index >= 15 is 0 Å². The molecular formula is C20H21N3O4. The van der Waals surface area contributed by atoms with E-state index in [-0.39, 0.29) is 29.0 Å². The van der Waals surface area contributed by atoms with Crippen molar-refractivity contribution in [2.24, 2.45) is 5.92 Å². The number of nitro benzene ring substituents is 1. The highest BCUT2D eigenvalue weighted by atomic mass is 16.6. The van der Waals surface area contributed by atoms with Gasteiger partial charge in [-0.25, -0.2) is 0 Å². The molecule has 1 N–H and O–H groups in total. The fourth-order valence-electron chi connectivity index (χ4n) is 3.23. The zero-order chi connectivity index (χ0) is 19.4. The number of likely N-dealkylation sites (tertiary alicyclic amines) is 1. The predicted octanol–water partition coefficient (Wildman–Crippen LogP) is 2.68. The average Bonchev–Trinajstić information content (AvgIpc) is 3.00. The number of carbonyl (C=O) groups excluding carboxylic acids is 2. The molecule has 1 fully saturated rings. The van der Waals surface area contributed by atoms with Gasteiger partial charge in [-0.15, -0.1) is 0 Å². The molecule has 0 bridgehead atoms. The Morgan fingerprint density at radius 3 is 2.70 bits per heavy atom. The molecule has 1 heterocycles. The van der Waals surface area contributed by atoms with Crippen molar-refractivity contribution in [3.05, 3.63) is 75.3 Å². The van der Waals surface area contributed by atoms with Crippen LogP contribution in [-0.4, -0.2) is 34.7 Å². The Morgan fingerprint density at radius 1 is 1.26 bits per heavy atom. The molecule has 0 radical (unpaired) electrons. The molecular weight excluding hydrogens is 346 g/mol. The quantitative estimate of drug-likeness (QED) is 0.627. The van der Waals surface area contributed by atoms with Crippen LogP contribution in [0.2, 0.25) is 0 Å². The predicted molar refractivity (Wildman–Crippen MR) is 100 cm³/mol. The van der Waals surface area contributed by atoms with E-state index in [1.165, 1.54) is 6.07 Å². The molecule has 1 atom stereocenters. The van der Waals surface area contributed by atoms with Crippen LogP contribution in [0.5, 0.6) is 0 Å². The van der Waals surface area contributed by atoms with E-state index in [1.54, 1.807) is 24.0 Å². The highest BCUT2D eigenvalue weighted by Gasteiger charge is 2.29. The minimum atomic E-state index is -0.497. The Bertz CT molecular complexity index is 867. The van der Waals surface area contributed by atoms with Crippen LogP contribution in [0.1, 0.15) is 27.9 Å². The first-order valence-corrected chi connectivity index (χ1v) is 8.79. The molecule has 1 saturated heterocycles. The number of nitro groups is 1. The SMILES string of the molecule is Cc1ccc(C(=O)NCC2CC(=O)N(Cc3ccccc3)C2)cc1[N+](=O)[O-]. The van der Waals surface area contributed by atoms with E-state index in [0.717, 1.165) is 5.56 Å². The first-order valence-electron chi connectivity index (χ1n) is 8.79. The Labute approximate surface area is 157 Å². The molecule has 2 amide bonds. The topological polar surface area (TPSA) is 92.6 Å². The Balaban J connectivity index is 1.56. The number of benzene rings is 2. The molecule has 7 heteroatoms. The first-order chi connectivity index (χ1) is 12.9. The molecule has 2 aromatic carbocycles. The Morgan fingerprint density at radius 2 is 2.00 bits per heavy atom. The van der Waals surface area contributed by atoms with Gasteiger partial charge < -0.3 is 10.2 Å². The summed E-state index contributed by atoms with van der Waals surface area (Å²) in [5.41, 5.74) is 1.75. The summed E-state index contributed by atoms with van der Waals surface area (Å²) in [7, 11) is 0. The maximum absolute atomic E-state index is 12.3. The van der Waals surface area contributed by atoms with Crippen LogP contribution in [0.25, 0.3) is 0 Å². The fourth-order valence-corrected chi connectivity index (χ4v) is 3.23. The molecule has 0 spiro atoms. The van der Waals surface area contributed by atoms with Crippen molar-refractivity contribution in [2.75, 3.05) is 13.1 Å². The van der Waals surface area contributed by atoms with Crippen LogP contribution < -0.4 is 5.32 Å². The highest BCUT2D eigenvalue weighted by Crippen LogP contribution is 2.21. The van der Waals surface area contributed by atoms with Crippen LogP contribution in [-0.2, 0) is 11.3 Å². The lowest BCUT2D eigenvalue weighted by Crippen LogP contribution is -2.31. The van der Waals surface area contributed by atoms with E-state index in [4.69, 9.17) is 0 Å². The van der Waals surface area contributed by atoms with Gasteiger partial charge in [0.15, 0.2) is 0 Å². The lowest BCUT2D eigenvalue weighted by atomic mass is 10.1. The zero-order valence-corrected chi connectivity index (χ0v) is 15.1. The molecule has 0 saturated carbocycles. The van der Waals surface area contributed by atoms with E-state index in [1.807, 2.05) is 30.3 Å². The minimum Gasteiger partial charge on any atom is -0.352 e. The summed E-state index contributed by atoms with van der Waals surface area (Å²) < 4.78 is 0. The van der Waals surface area contributed by atoms with Gasteiger partial charge >= 0.3 is 0 Å². The van der Waals surface area contributed by atoms with Gasteiger partial charge in [-0.2, -0.15) is 0 Å². The number of hydrogen-bond acceptors (Lipinski definition) is 4. The van der Waals surface area contributed by atoms with Crippen molar-refractivity contribution < 1.29 is 14.5 Å². The van der Waals surface area contributed by atoms with Crippen molar-refractivity contribution >= 4 is 17.5 Å². The third kappa shape index (κ3) is 4.49. The van der Waals surface area contributed by atoms with Gasteiger partial charge in [-0.05, 0) is 18.6 Å².